The maximum Gasteiger partial charge on any atom is 0.248 e. The summed E-state index contributed by atoms with van der Waals surface area (Å²) in [6, 6.07) is 8.04. The highest BCUT2D eigenvalue weighted by atomic mass is 16.1. The summed E-state index contributed by atoms with van der Waals surface area (Å²) in [7, 11) is 0. The fourth-order valence-electron chi connectivity index (χ4n) is 4.35. The Kier molecular flexibility index (Phi) is 2.86. The molecule has 0 radical (unpaired) electrons. The topological polar surface area (TPSA) is 55.1 Å². The van der Waals surface area contributed by atoms with Crippen molar-refractivity contribution in [2.24, 2.45) is 22.5 Å². The molecule has 1 aromatic carbocycles. The summed E-state index contributed by atoms with van der Waals surface area (Å²) < 4.78 is 0. The van der Waals surface area contributed by atoms with Crippen LogP contribution in [0.1, 0.15) is 50.4 Å². The van der Waals surface area contributed by atoms with E-state index in [-0.39, 0.29) is 5.91 Å². The molecule has 3 atom stereocenters. The maximum atomic E-state index is 11.1. The van der Waals surface area contributed by atoms with Crippen LogP contribution in [-0.4, -0.2) is 11.9 Å². The van der Waals surface area contributed by atoms with Gasteiger partial charge in [-0.15, -0.1) is 0 Å². The number of carbonyl (C=O) groups is 1. The van der Waals surface area contributed by atoms with Gasteiger partial charge in [0.05, 0.1) is 0 Å². The number of fused-ring (bicyclic) bond motifs is 2. The molecule has 2 bridgehead atoms. The third-order valence-electron chi connectivity index (χ3n) is 6.30. The van der Waals surface area contributed by atoms with Gasteiger partial charge >= 0.3 is 0 Å². The standard InChI is InChI=1S/C17H24N2O/c1-16(2)12-8-9-17(16,3)14(10-12)19-13-6-4-11(5-7-13)15(18)20/h4-7,12,14,19H,8-10H2,1-3H3,(H2,18,20). The second-order valence-electron chi connectivity index (χ2n) is 7.25. The van der Waals surface area contributed by atoms with E-state index in [4.69, 9.17) is 5.73 Å². The molecular weight excluding hydrogens is 248 g/mol. The number of hydrogen-bond acceptors (Lipinski definition) is 2. The molecule has 3 unspecified atom stereocenters. The van der Waals surface area contributed by atoms with Crippen LogP contribution in [0.4, 0.5) is 5.69 Å². The van der Waals surface area contributed by atoms with Gasteiger partial charge in [0.15, 0.2) is 0 Å². The Hall–Kier alpha value is -1.51. The van der Waals surface area contributed by atoms with Crippen molar-refractivity contribution in [3.8, 4) is 0 Å². The molecule has 2 saturated carbocycles. The third kappa shape index (κ3) is 1.75. The van der Waals surface area contributed by atoms with E-state index in [1.54, 1.807) is 12.1 Å². The molecule has 108 valence electrons. The molecular formula is C17H24N2O. The summed E-state index contributed by atoms with van der Waals surface area (Å²) in [4.78, 5) is 11.1. The highest BCUT2D eigenvalue weighted by Gasteiger charge is 2.61. The average Bonchev–Trinajstić information content (AvgIpc) is 2.72. The van der Waals surface area contributed by atoms with Crippen molar-refractivity contribution in [2.45, 2.75) is 46.1 Å². The number of amides is 1. The fraction of sp³-hybridized carbons (Fsp3) is 0.588. The number of nitrogens with one attached hydrogen (secondary N) is 1. The Morgan fingerprint density at radius 3 is 2.35 bits per heavy atom. The van der Waals surface area contributed by atoms with Crippen LogP contribution in [0, 0.1) is 16.7 Å². The number of anilines is 1. The third-order valence-corrected chi connectivity index (χ3v) is 6.30. The number of benzene rings is 1. The molecule has 3 heteroatoms. The fourth-order valence-corrected chi connectivity index (χ4v) is 4.35. The van der Waals surface area contributed by atoms with E-state index in [1.807, 2.05) is 12.1 Å². The summed E-state index contributed by atoms with van der Waals surface area (Å²) in [6.07, 6.45) is 3.92. The van der Waals surface area contributed by atoms with Gasteiger partial charge in [-0.3, -0.25) is 4.79 Å². The van der Waals surface area contributed by atoms with Crippen molar-refractivity contribution in [2.75, 3.05) is 5.32 Å². The monoisotopic (exact) mass is 272 g/mol. The zero-order valence-corrected chi connectivity index (χ0v) is 12.6. The predicted octanol–water partition coefficient (Wildman–Crippen LogP) is 3.41. The zero-order valence-electron chi connectivity index (χ0n) is 12.6. The first-order valence-corrected chi connectivity index (χ1v) is 7.51. The number of nitrogens with two attached hydrogens (primary N) is 1. The highest BCUT2D eigenvalue weighted by Crippen LogP contribution is 2.65. The van der Waals surface area contributed by atoms with Crippen LogP contribution in [-0.2, 0) is 0 Å². The molecule has 0 heterocycles. The van der Waals surface area contributed by atoms with Crippen LogP contribution in [0.2, 0.25) is 0 Å². The van der Waals surface area contributed by atoms with Crippen LogP contribution >= 0.6 is 0 Å². The van der Waals surface area contributed by atoms with E-state index in [0.29, 0.717) is 22.4 Å². The summed E-state index contributed by atoms with van der Waals surface area (Å²) >= 11 is 0. The lowest BCUT2D eigenvalue weighted by atomic mass is 9.69. The SMILES string of the molecule is CC1(C)C2CCC1(C)C(Nc1ccc(C(N)=O)cc1)C2. The van der Waals surface area contributed by atoms with Crippen molar-refractivity contribution in [3.63, 3.8) is 0 Å². The Morgan fingerprint density at radius 2 is 1.90 bits per heavy atom. The largest absolute Gasteiger partial charge is 0.382 e. The van der Waals surface area contributed by atoms with Gasteiger partial charge in [0.25, 0.3) is 0 Å². The van der Waals surface area contributed by atoms with Gasteiger partial charge in [-0.2, -0.15) is 0 Å². The molecule has 3 nitrogen and oxygen atoms in total. The number of primary amides is 1. The summed E-state index contributed by atoms with van der Waals surface area (Å²) in [5, 5.41) is 3.68. The van der Waals surface area contributed by atoms with E-state index >= 15 is 0 Å². The Bertz CT molecular complexity index is 534. The van der Waals surface area contributed by atoms with E-state index < -0.39 is 0 Å². The molecule has 2 fully saturated rings. The highest BCUT2D eigenvalue weighted by molar-refractivity contribution is 5.93. The molecule has 1 aromatic rings. The maximum absolute atomic E-state index is 11.1. The molecule has 3 rings (SSSR count). The van der Waals surface area contributed by atoms with Crippen molar-refractivity contribution in [1.29, 1.82) is 0 Å². The summed E-state index contributed by atoms with van der Waals surface area (Å²) in [6.45, 7) is 7.26. The van der Waals surface area contributed by atoms with Crippen molar-refractivity contribution >= 4 is 11.6 Å². The van der Waals surface area contributed by atoms with Gasteiger partial charge < -0.3 is 11.1 Å². The lowest BCUT2D eigenvalue weighted by molar-refractivity contribution is 0.100. The quantitative estimate of drug-likeness (QED) is 0.886. The van der Waals surface area contributed by atoms with Crippen LogP contribution in [0.15, 0.2) is 24.3 Å². The minimum atomic E-state index is -0.371. The average molecular weight is 272 g/mol. The molecule has 0 saturated heterocycles. The predicted molar refractivity (Wildman–Crippen MR) is 81.6 cm³/mol. The molecule has 3 N–H and O–H groups in total. The van der Waals surface area contributed by atoms with E-state index in [1.165, 1.54) is 19.3 Å². The molecule has 2 aliphatic carbocycles. The lowest BCUT2D eigenvalue weighted by Gasteiger charge is -2.40. The zero-order chi connectivity index (χ0) is 14.5. The van der Waals surface area contributed by atoms with E-state index in [2.05, 4.69) is 26.1 Å². The Labute approximate surface area is 120 Å². The van der Waals surface area contributed by atoms with Gasteiger partial charge in [0.1, 0.15) is 0 Å². The van der Waals surface area contributed by atoms with E-state index in [0.717, 1.165) is 11.6 Å². The van der Waals surface area contributed by atoms with Crippen molar-refractivity contribution in [1.82, 2.24) is 0 Å². The molecule has 2 aliphatic rings. The Morgan fingerprint density at radius 1 is 1.25 bits per heavy atom. The molecule has 0 aromatic heterocycles. The molecule has 0 spiro atoms. The van der Waals surface area contributed by atoms with Crippen molar-refractivity contribution < 1.29 is 4.79 Å². The molecule has 0 aliphatic heterocycles. The first-order chi connectivity index (χ1) is 9.34. The number of rotatable bonds is 3. The van der Waals surface area contributed by atoms with Gasteiger partial charge in [0, 0.05) is 17.3 Å². The minimum Gasteiger partial charge on any atom is -0.382 e. The van der Waals surface area contributed by atoms with Crippen molar-refractivity contribution in [3.05, 3.63) is 29.8 Å². The molecule has 1 amide bonds. The van der Waals surface area contributed by atoms with Gasteiger partial charge in [0.2, 0.25) is 5.91 Å². The normalized spacial score (nSPS) is 34.1. The number of hydrogen-bond donors (Lipinski definition) is 2. The van der Waals surface area contributed by atoms with Gasteiger partial charge in [-0.25, -0.2) is 0 Å². The van der Waals surface area contributed by atoms with Crippen LogP contribution in [0.5, 0.6) is 0 Å². The number of carbonyl (C=O) groups excluding carboxylic acids is 1. The minimum absolute atomic E-state index is 0.361. The first-order valence-electron chi connectivity index (χ1n) is 7.51. The second-order valence-corrected chi connectivity index (χ2v) is 7.25. The van der Waals surface area contributed by atoms with E-state index in [9.17, 15) is 4.79 Å². The Balaban J connectivity index is 1.78. The van der Waals surface area contributed by atoms with Gasteiger partial charge in [-0.05, 0) is 60.3 Å². The molecule has 20 heavy (non-hydrogen) atoms. The summed E-state index contributed by atoms with van der Waals surface area (Å²) in [5.74, 6) is 0.458. The van der Waals surface area contributed by atoms with Crippen LogP contribution < -0.4 is 11.1 Å². The second kappa shape index (κ2) is 4.24. The van der Waals surface area contributed by atoms with Gasteiger partial charge in [-0.1, -0.05) is 20.8 Å². The van der Waals surface area contributed by atoms with Crippen LogP contribution in [0.25, 0.3) is 0 Å². The lowest BCUT2D eigenvalue weighted by Crippen LogP contribution is -2.40. The van der Waals surface area contributed by atoms with Crippen LogP contribution in [0.3, 0.4) is 0 Å². The first kappa shape index (κ1) is 13.5. The smallest absolute Gasteiger partial charge is 0.248 e. The summed E-state index contributed by atoms with van der Waals surface area (Å²) in [5.41, 5.74) is 7.70.